The molecule has 110 valence electrons. The predicted molar refractivity (Wildman–Crippen MR) is 66.1 cm³/mol. The van der Waals surface area contributed by atoms with E-state index in [-0.39, 0.29) is 19.6 Å². The van der Waals surface area contributed by atoms with E-state index < -0.39 is 29.5 Å². The second-order valence-corrected chi connectivity index (χ2v) is 4.92. The number of amides is 1. The van der Waals surface area contributed by atoms with E-state index in [9.17, 15) is 19.5 Å². The first-order valence-corrected chi connectivity index (χ1v) is 5.96. The first kappa shape index (κ1) is 17.5. The van der Waals surface area contributed by atoms with Crippen LogP contribution in [0.4, 0.5) is 0 Å². The third-order valence-electron chi connectivity index (χ3n) is 2.53. The van der Waals surface area contributed by atoms with Crippen molar-refractivity contribution >= 4 is 18.2 Å². The highest BCUT2D eigenvalue weighted by atomic mass is 16.5. The molecule has 7 heteroatoms. The molecule has 0 spiro atoms. The Labute approximate surface area is 111 Å². The Balaban J connectivity index is 4.05. The molecule has 7 nitrogen and oxygen atoms in total. The molecular weight excluding hydrogens is 254 g/mol. The lowest BCUT2D eigenvalue weighted by Crippen LogP contribution is -2.46. The van der Waals surface area contributed by atoms with Gasteiger partial charge in [0.2, 0.25) is 5.91 Å². The van der Waals surface area contributed by atoms with Crippen LogP contribution in [0.25, 0.3) is 0 Å². The van der Waals surface area contributed by atoms with E-state index in [1.165, 1.54) is 20.8 Å². The summed E-state index contributed by atoms with van der Waals surface area (Å²) in [6.07, 6.45) is -1.80. The fourth-order valence-corrected chi connectivity index (χ4v) is 1.12. The molecule has 0 aromatic heterocycles. The highest BCUT2D eigenvalue weighted by Crippen LogP contribution is 2.19. The summed E-state index contributed by atoms with van der Waals surface area (Å²) in [4.78, 5) is 33.0. The van der Waals surface area contributed by atoms with Crippen molar-refractivity contribution in [3.8, 4) is 0 Å². The second-order valence-electron chi connectivity index (χ2n) is 4.92. The normalized spacial score (nSPS) is 14.4. The van der Waals surface area contributed by atoms with Gasteiger partial charge in [0.1, 0.15) is 6.10 Å². The molecule has 1 amide bonds. The largest absolute Gasteiger partial charge is 0.455 e. The molecule has 0 aliphatic rings. The van der Waals surface area contributed by atoms with Gasteiger partial charge in [-0.1, -0.05) is 13.8 Å². The summed E-state index contributed by atoms with van der Waals surface area (Å²) in [5, 5.41) is 21.0. The van der Waals surface area contributed by atoms with E-state index in [1.807, 2.05) is 0 Å². The lowest BCUT2D eigenvalue weighted by Gasteiger charge is -2.27. The first-order valence-electron chi connectivity index (χ1n) is 5.96. The van der Waals surface area contributed by atoms with E-state index in [0.29, 0.717) is 6.29 Å². The Kier molecular flexibility index (Phi) is 7.25. The molecule has 0 fully saturated rings. The zero-order valence-electron chi connectivity index (χ0n) is 11.4. The van der Waals surface area contributed by atoms with E-state index in [1.54, 1.807) is 0 Å². The third-order valence-corrected chi connectivity index (χ3v) is 2.53. The van der Waals surface area contributed by atoms with Gasteiger partial charge in [-0.3, -0.25) is 14.4 Å². The molecule has 0 aromatic rings. The highest BCUT2D eigenvalue weighted by Gasteiger charge is 2.32. The monoisotopic (exact) mass is 275 g/mol. The standard InChI is InChI=1S/C12H21NO6/c1-8(6-14)19-9(16)4-5-13-11(18)10(17)12(2,3)7-15/h6,8,10,15,17H,4-5,7H2,1-3H3,(H,13,18)/t8?,10-/m0/s1. The van der Waals surface area contributed by atoms with Crippen molar-refractivity contribution in [3.63, 3.8) is 0 Å². The number of rotatable bonds is 8. The predicted octanol–water partition coefficient (Wildman–Crippen LogP) is -0.997. The summed E-state index contributed by atoms with van der Waals surface area (Å²) in [5.41, 5.74) is -0.962. The van der Waals surface area contributed by atoms with E-state index >= 15 is 0 Å². The lowest BCUT2D eigenvalue weighted by molar-refractivity contribution is -0.150. The van der Waals surface area contributed by atoms with Crippen LogP contribution in [-0.2, 0) is 19.1 Å². The average molecular weight is 275 g/mol. The van der Waals surface area contributed by atoms with Gasteiger partial charge in [0.05, 0.1) is 13.0 Å². The van der Waals surface area contributed by atoms with Gasteiger partial charge < -0.3 is 20.3 Å². The smallest absolute Gasteiger partial charge is 0.308 e. The Morgan fingerprint density at radius 3 is 2.47 bits per heavy atom. The van der Waals surface area contributed by atoms with Crippen molar-refractivity contribution in [2.24, 2.45) is 5.41 Å². The molecule has 2 atom stereocenters. The Bertz CT molecular complexity index is 328. The van der Waals surface area contributed by atoms with Gasteiger partial charge in [-0.2, -0.15) is 0 Å². The Morgan fingerprint density at radius 2 is 2.00 bits per heavy atom. The quantitative estimate of drug-likeness (QED) is 0.387. The number of esters is 1. The molecule has 0 aromatic carbocycles. The van der Waals surface area contributed by atoms with Gasteiger partial charge in [-0.15, -0.1) is 0 Å². The van der Waals surface area contributed by atoms with Crippen molar-refractivity contribution < 1.29 is 29.3 Å². The average Bonchev–Trinajstić information content (AvgIpc) is 2.37. The number of aldehydes is 1. The first-order chi connectivity index (χ1) is 8.74. The van der Waals surface area contributed by atoms with Crippen LogP contribution in [0.1, 0.15) is 27.2 Å². The third kappa shape index (κ3) is 6.30. The fraction of sp³-hybridized carbons (Fsp3) is 0.750. The number of aliphatic hydroxyl groups is 2. The number of hydrogen-bond donors (Lipinski definition) is 3. The highest BCUT2D eigenvalue weighted by molar-refractivity contribution is 5.82. The van der Waals surface area contributed by atoms with Crippen LogP contribution >= 0.6 is 0 Å². The van der Waals surface area contributed by atoms with Gasteiger partial charge in [0.25, 0.3) is 0 Å². The van der Waals surface area contributed by atoms with Crippen LogP contribution in [-0.4, -0.2) is 53.7 Å². The van der Waals surface area contributed by atoms with Gasteiger partial charge in [0.15, 0.2) is 12.4 Å². The maximum Gasteiger partial charge on any atom is 0.308 e. The molecule has 0 rings (SSSR count). The minimum absolute atomic E-state index is 0.0121. The Morgan fingerprint density at radius 1 is 1.42 bits per heavy atom. The van der Waals surface area contributed by atoms with Gasteiger partial charge in [-0.25, -0.2) is 0 Å². The summed E-state index contributed by atoms with van der Waals surface area (Å²) in [6.45, 7) is 4.15. The second kappa shape index (κ2) is 7.85. The van der Waals surface area contributed by atoms with Gasteiger partial charge in [0, 0.05) is 12.0 Å². The molecule has 0 heterocycles. The molecular formula is C12H21NO6. The number of carbonyl (C=O) groups excluding carboxylic acids is 3. The van der Waals surface area contributed by atoms with Gasteiger partial charge in [-0.05, 0) is 6.92 Å². The van der Waals surface area contributed by atoms with Crippen molar-refractivity contribution in [1.82, 2.24) is 5.32 Å². The molecule has 3 N–H and O–H groups in total. The molecule has 0 aliphatic carbocycles. The van der Waals surface area contributed by atoms with E-state index in [0.717, 1.165) is 0 Å². The lowest BCUT2D eigenvalue weighted by atomic mass is 9.87. The molecule has 0 saturated carbocycles. The van der Waals surface area contributed by atoms with Gasteiger partial charge >= 0.3 is 5.97 Å². The molecule has 0 aliphatic heterocycles. The van der Waals surface area contributed by atoms with Crippen LogP contribution < -0.4 is 5.32 Å². The molecule has 19 heavy (non-hydrogen) atoms. The summed E-state index contributed by atoms with van der Waals surface area (Å²) in [6, 6.07) is 0. The van der Waals surface area contributed by atoms with Crippen LogP contribution in [0.2, 0.25) is 0 Å². The summed E-state index contributed by atoms with van der Waals surface area (Å²) < 4.78 is 4.67. The summed E-state index contributed by atoms with van der Waals surface area (Å²) in [7, 11) is 0. The number of carbonyl (C=O) groups is 3. The fourth-order valence-electron chi connectivity index (χ4n) is 1.12. The van der Waals surface area contributed by atoms with Crippen LogP contribution in [0.3, 0.4) is 0 Å². The van der Waals surface area contributed by atoms with Crippen molar-refractivity contribution in [3.05, 3.63) is 0 Å². The number of aliphatic hydroxyl groups excluding tert-OH is 2. The van der Waals surface area contributed by atoms with Crippen LogP contribution in [0, 0.1) is 5.41 Å². The van der Waals surface area contributed by atoms with Crippen molar-refractivity contribution in [1.29, 1.82) is 0 Å². The maximum absolute atomic E-state index is 11.5. The summed E-state index contributed by atoms with van der Waals surface area (Å²) in [5.74, 6) is -1.29. The van der Waals surface area contributed by atoms with Crippen LogP contribution in [0.5, 0.6) is 0 Å². The van der Waals surface area contributed by atoms with Crippen LogP contribution in [0.15, 0.2) is 0 Å². The molecule has 0 radical (unpaired) electrons. The van der Waals surface area contributed by atoms with E-state index in [4.69, 9.17) is 5.11 Å². The van der Waals surface area contributed by atoms with E-state index in [2.05, 4.69) is 10.1 Å². The number of ether oxygens (including phenoxy) is 1. The number of nitrogens with one attached hydrogen (secondary N) is 1. The minimum Gasteiger partial charge on any atom is -0.455 e. The molecule has 1 unspecified atom stereocenters. The maximum atomic E-state index is 11.5. The Hall–Kier alpha value is -1.47. The SMILES string of the molecule is CC(C=O)OC(=O)CCNC(=O)[C@H](O)C(C)(C)CO. The molecule has 0 saturated heterocycles. The topological polar surface area (TPSA) is 113 Å². The van der Waals surface area contributed by atoms with Crippen molar-refractivity contribution in [2.75, 3.05) is 13.2 Å². The zero-order valence-corrected chi connectivity index (χ0v) is 11.4. The minimum atomic E-state index is -1.37. The summed E-state index contributed by atoms with van der Waals surface area (Å²) >= 11 is 0. The molecule has 0 bridgehead atoms. The zero-order chi connectivity index (χ0) is 15.1. The van der Waals surface area contributed by atoms with Crippen molar-refractivity contribution in [2.45, 2.75) is 39.4 Å². The number of hydrogen-bond acceptors (Lipinski definition) is 6.